The molecule has 1 atom stereocenters. The minimum atomic E-state index is -0.0558. The summed E-state index contributed by atoms with van der Waals surface area (Å²) in [6, 6.07) is 9.29. The van der Waals surface area contributed by atoms with E-state index in [0.717, 1.165) is 17.7 Å². The van der Waals surface area contributed by atoms with Gasteiger partial charge >= 0.3 is 0 Å². The average Bonchev–Trinajstić information content (AvgIpc) is 2.52. The van der Waals surface area contributed by atoms with E-state index in [1.54, 1.807) is 7.11 Å². The van der Waals surface area contributed by atoms with Gasteiger partial charge in [-0.25, -0.2) is 9.97 Å². The van der Waals surface area contributed by atoms with Crippen molar-refractivity contribution < 1.29 is 9.84 Å². The van der Waals surface area contributed by atoms with E-state index >= 15 is 0 Å². The Morgan fingerprint density at radius 1 is 1.29 bits per heavy atom. The molecule has 2 rings (SSSR count). The first-order valence-electron chi connectivity index (χ1n) is 6.72. The van der Waals surface area contributed by atoms with Crippen LogP contribution in [0.5, 0.6) is 5.75 Å². The van der Waals surface area contributed by atoms with Crippen molar-refractivity contribution >= 4 is 17.4 Å². The monoisotopic (exact) mass is 307 g/mol. The van der Waals surface area contributed by atoms with Gasteiger partial charge in [-0.1, -0.05) is 6.92 Å². The highest BCUT2D eigenvalue weighted by molar-refractivity contribution is 6.28. The summed E-state index contributed by atoms with van der Waals surface area (Å²) in [6.45, 7) is 2.02. The topological polar surface area (TPSA) is 67.3 Å². The third kappa shape index (κ3) is 4.06. The van der Waals surface area contributed by atoms with E-state index in [1.807, 2.05) is 37.3 Å². The van der Waals surface area contributed by atoms with E-state index < -0.39 is 0 Å². The van der Waals surface area contributed by atoms with Crippen molar-refractivity contribution in [3.63, 3.8) is 0 Å². The molecule has 0 spiro atoms. The number of hydrogen-bond donors (Lipinski definition) is 2. The molecule has 112 valence electrons. The summed E-state index contributed by atoms with van der Waals surface area (Å²) in [4.78, 5) is 8.37. The maximum absolute atomic E-state index is 9.25. The number of hydrogen-bond acceptors (Lipinski definition) is 5. The van der Waals surface area contributed by atoms with Gasteiger partial charge in [0.1, 0.15) is 11.6 Å². The fraction of sp³-hybridized carbons (Fsp3) is 0.333. The standard InChI is InChI=1S/C15H18ClN3O2/c1-3-11(9-20)17-14-8-13(18-15(16)19-14)10-4-6-12(21-2)7-5-10/h4-8,11,20H,3,9H2,1-2H3,(H,17,18,19). The second-order valence-corrected chi connectivity index (χ2v) is 4.91. The Kier molecular flexibility index (Phi) is 5.36. The van der Waals surface area contributed by atoms with Crippen LogP contribution in [-0.4, -0.2) is 34.8 Å². The summed E-state index contributed by atoms with van der Waals surface area (Å²) < 4.78 is 5.14. The van der Waals surface area contributed by atoms with Gasteiger partial charge in [0.25, 0.3) is 0 Å². The number of anilines is 1. The second kappa shape index (κ2) is 7.24. The smallest absolute Gasteiger partial charge is 0.224 e. The van der Waals surface area contributed by atoms with Crippen molar-refractivity contribution in [2.24, 2.45) is 0 Å². The average molecular weight is 308 g/mol. The first kappa shape index (κ1) is 15.5. The highest BCUT2D eigenvalue weighted by Gasteiger charge is 2.09. The van der Waals surface area contributed by atoms with Crippen molar-refractivity contribution in [1.82, 2.24) is 9.97 Å². The molecule has 2 N–H and O–H groups in total. The summed E-state index contributed by atoms with van der Waals surface area (Å²) in [6.07, 6.45) is 0.788. The molecule has 0 fully saturated rings. The lowest BCUT2D eigenvalue weighted by Crippen LogP contribution is -2.23. The van der Waals surface area contributed by atoms with Gasteiger partial charge in [-0.2, -0.15) is 0 Å². The molecule has 6 heteroatoms. The Balaban J connectivity index is 2.29. The normalized spacial score (nSPS) is 12.0. The van der Waals surface area contributed by atoms with Crippen molar-refractivity contribution in [1.29, 1.82) is 0 Å². The molecule has 1 aromatic carbocycles. The number of aliphatic hydroxyl groups is 1. The van der Waals surface area contributed by atoms with Crippen molar-refractivity contribution in [3.8, 4) is 17.0 Å². The van der Waals surface area contributed by atoms with Crippen LogP contribution in [0, 0.1) is 0 Å². The Hall–Kier alpha value is -1.85. The largest absolute Gasteiger partial charge is 0.497 e. The predicted octanol–water partition coefficient (Wildman–Crippen LogP) is 2.99. The van der Waals surface area contributed by atoms with Gasteiger partial charge in [0.15, 0.2) is 0 Å². The highest BCUT2D eigenvalue weighted by Crippen LogP contribution is 2.24. The minimum Gasteiger partial charge on any atom is -0.497 e. The minimum absolute atomic E-state index is 0.0377. The van der Waals surface area contributed by atoms with Gasteiger partial charge in [0, 0.05) is 11.6 Å². The molecule has 21 heavy (non-hydrogen) atoms. The lowest BCUT2D eigenvalue weighted by Gasteiger charge is -2.15. The third-order valence-corrected chi connectivity index (χ3v) is 3.32. The summed E-state index contributed by atoms with van der Waals surface area (Å²) >= 11 is 5.98. The summed E-state index contributed by atoms with van der Waals surface area (Å²) in [5, 5.41) is 12.6. The number of methoxy groups -OCH3 is 1. The highest BCUT2D eigenvalue weighted by atomic mass is 35.5. The summed E-state index contributed by atoms with van der Waals surface area (Å²) in [7, 11) is 1.62. The van der Waals surface area contributed by atoms with Gasteiger partial charge in [0.05, 0.1) is 25.5 Å². The number of ether oxygens (including phenoxy) is 1. The van der Waals surface area contributed by atoms with Crippen LogP contribution in [0.3, 0.4) is 0 Å². The van der Waals surface area contributed by atoms with Crippen molar-refractivity contribution in [2.45, 2.75) is 19.4 Å². The molecule has 0 radical (unpaired) electrons. The van der Waals surface area contributed by atoms with Gasteiger partial charge in [-0.3, -0.25) is 0 Å². The first-order valence-corrected chi connectivity index (χ1v) is 7.10. The number of nitrogens with zero attached hydrogens (tertiary/aromatic N) is 2. The van der Waals surface area contributed by atoms with E-state index in [4.69, 9.17) is 16.3 Å². The van der Waals surface area contributed by atoms with Crippen LogP contribution in [0.15, 0.2) is 30.3 Å². The zero-order valence-electron chi connectivity index (χ0n) is 12.0. The number of nitrogens with one attached hydrogen (secondary N) is 1. The molecule has 0 amide bonds. The molecule has 0 aliphatic carbocycles. The molecular formula is C15H18ClN3O2. The molecule has 1 heterocycles. The first-order chi connectivity index (χ1) is 10.2. The molecule has 5 nitrogen and oxygen atoms in total. The fourth-order valence-electron chi connectivity index (χ4n) is 1.89. The molecule has 1 aromatic heterocycles. The van der Waals surface area contributed by atoms with Crippen molar-refractivity contribution in [3.05, 3.63) is 35.6 Å². The number of benzene rings is 1. The van der Waals surface area contributed by atoms with Crippen LogP contribution in [-0.2, 0) is 0 Å². The molecule has 2 aromatic rings. The number of rotatable bonds is 6. The van der Waals surface area contributed by atoms with Crippen LogP contribution in [0.25, 0.3) is 11.3 Å². The van der Waals surface area contributed by atoms with E-state index in [9.17, 15) is 5.11 Å². The quantitative estimate of drug-likeness (QED) is 0.803. The Bertz CT molecular complexity index is 586. The Morgan fingerprint density at radius 2 is 2.00 bits per heavy atom. The number of halogens is 1. The Labute approximate surface area is 129 Å². The lowest BCUT2D eigenvalue weighted by atomic mass is 10.1. The second-order valence-electron chi connectivity index (χ2n) is 4.57. The van der Waals surface area contributed by atoms with Crippen LogP contribution < -0.4 is 10.1 Å². The van der Waals surface area contributed by atoms with Crippen LogP contribution in [0.4, 0.5) is 5.82 Å². The van der Waals surface area contributed by atoms with Crippen molar-refractivity contribution in [2.75, 3.05) is 19.0 Å². The molecule has 0 saturated heterocycles. The number of aromatic nitrogens is 2. The van der Waals surface area contributed by atoms with Gasteiger partial charge in [-0.05, 0) is 42.3 Å². The van der Waals surface area contributed by atoms with Gasteiger partial charge in [0.2, 0.25) is 5.28 Å². The molecule has 0 saturated carbocycles. The lowest BCUT2D eigenvalue weighted by molar-refractivity contribution is 0.271. The van der Waals surface area contributed by atoms with E-state index in [1.165, 1.54) is 0 Å². The zero-order chi connectivity index (χ0) is 15.2. The molecule has 0 bridgehead atoms. The van der Waals surface area contributed by atoms with E-state index in [-0.39, 0.29) is 17.9 Å². The van der Waals surface area contributed by atoms with E-state index in [2.05, 4.69) is 15.3 Å². The molecule has 0 aliphatic heterocycles. The molecule has 1 unspecified atom stereocenters. The number of aliphatic hydroxyl groups excluding tert-OH is 1. The maximum atomic E-state index is 9.25. The molecule has 0 aliphatic rings. The summed E-state index contributed by atoms with van der Waals surface area (Å²) in [5.74, 6) is 1.38. The predicted molar refractivity (Wildman–Crippen MR) is 83.8 cm³/mol. The third-order valence-electron chi connectivity index (χ3n) is 3.15. The summed E-state index contributed by atoms with van der Waals surface area (Å²) in [5.41, 5.74) is 1.63. The van der Waals surface area contributed by atoms with Gasteiger partial charge < -0.3 is 15.2 Å². The van der Waals surface area contributed by atoms with Crippen LogP contribution in [0.2, 0.25) is 5.28 Å². The van der Waals surface area contributed by atoms with Gasteiger partial charge in [-0.15, -0.1) is 0 Å². The van der Waals surface area contributed by atoms with Crippen LogP contribution >= 0.6 is 11.6 Å². The van der Waals surface area contributed by atoms with E-state index in [0.29, 0.717) is 11.5 Å². The fourth-order valence-corrected chi connectivity index (χ4v) is 2.07. The van der Waals surface area contributed by atoms with Crippen LogP contribution in [0.1, 0.15) is 13.3 Å². The SMILES string of the molecule is CCC(CO)Nc1cc(-c2ccc(OC)cc2)nc(Cl)n1. The maximum Gasteiger partial charge on any atom is 0.224 e. The Morgan fingerprint density at radius 3 is 2.57 bits per heavy atom. The zero-order valence-corrected chi connectivity index (χ0v) is 12.8. The molecular weight excluding hydrogens is 290 g/mol.